The Bertz CT molecular complexity index is 1040. The Labute approximate surface area is 147 Å². The zero-order valence-electron chi connectivity index (χ0n) is 13.5. The lowest BCUT2D eigenvalue weighted by Crippen LogP contribution is -2.24. The van der Waals surface area contributed by atoms with E-state index in [0.717, 1.165) is 10.9 Å². The highest BCUT2D eigenvalue weighted by molar-refractivity contribution is 7.99. The minimum absolute atomic E-state index is 0.0439. The first-order chi connectivity index (χ1) is 12.3. The molecular weight excluding hydrogens is 338 g/mol. The van der Waals surface area contributed by atoms with E-state index in [-0.39, 0.29) is 11.7 Å². The van der Waals surface area contributed by atoms with E-state index < -0.39 is 0 Å². The maximum Gasteiger partial charge on any atom is 0.230 e. The summed E-state index contributed by atoms with van der Waals surface area (Å²) in [4.78, 5) is 16.5. The first-order valence-corrected chi connectivity index (χ1v) is 8.83. The van der Waals surface area contributed by atoms with Crippen LogP contribution in [0.3, 0.4) is 0 Å². The van der Waals surface area contributed by atoms with E-state index in [1.807, 2.05) is 47.7 Å². The normalized spacial score (nSPS) is 11.2. The van der Waals surface area contributed by atoms with Gasteiger partial charge in [-0.3, -0.25) is 9.20 Å². The Balaban J connectivity index is 1.87. The third-order valence-corrected chi connectivity index (χ3v) is 4.59. The number of carbonyl (C=O) groups is 1. The van der Waals surface area contributed by atoms with Gasteiger partial charge in [-0.1, -0.05) is 23.9 Å². The molecule has 4 aromatic rings. The van der Waals surface area contributed by atoms with Crippen molar-refractivity contribution in [1.29, 1.82) is 0 Å². The van der Waals surface area contributed by atoms with Gasteiger partial charge in [-0.2, -0.15) is 0 Å². The standard InChI is InChI=1S/C17H15N5O2S/c1-2-18-14(23)10-25-17-21-20-15-11-6-3-4-7-12(11)19-16(22(15)17)13-8-5-9-24-13/h3-9H,2,10H2,1H3,(H,18,23). The number of carbonyl (C=O) groups excluding carboxylic acids is 1. The number of nitrogens with zero attached hydrogens (tertiary/aromatic N) is 4. The average molecular weight is 353 g/mol. The van der Waals surface area contributed by atoms with Crippen molar-refractivity contribution >= 4 is 34.2 Å². The molecule has 8 heteroatoms. The number of furan rings is 1. The minimum atomic E-state index is -0.0439. The predicted molar refractivity (Wildman–Crippen MR) is 95.4 cm³/mol. The van der Waals surface area contributed by atoms with Gasteiger partial charge in [-0.15, -0.1) is 10.2 Å². The maximum absolute atomic E-state index is 11.8. The van der Waals surface area contributed by atoms with Crippen molar-refractivity contribution in [2.24, 2.45) is 0 Å². The van der Waals surface area contributed by atoms with Crippen LogP contribution in [0.15, 0.2) is 52.2 Å². The first-order valence-electron chi connectivity index (χ1n) is 7.85. The highest BCUT2D eigenvalue weighted by Crippen LogP contribution is 2.29. The molecule has 0 aliphatic heterocycles. The lowest BCUT2D eigenvalue weighted by Gasteiger charge is -2.07. The first kappa shape index (κ1) is 15.6. The lowest BCUT2D eigenvalue weighted by molar-refractivity contribution is -0.118. The molecule has 1 aromatic carbocycles. The third kappa shape index (κ3) is 2.85. The van der Waals surface area contributed by atoms with Crippen molar-refractivity contribution in [3.8, 4) is 11.6 Å². The third-order valence-electron chi connectivity index (χ3n) is 3.66. The topological polar surface area (TPSA) is 85.3 Å². The van der Waals surface area contributed by atoms with Crippen LogP contribution in [0.2, 0.25) is 0 Å². The number of aromatic nitrogens is 4. The molecule has 0 aliphatic carbocycles. The number of hydrogen-bond acceptors (Lipinski definition) is 6. The Morgan fingerprint density at radius 2 is 2.12 bits per heavy atom. The summed E-state index contributed by atoms with van der Waals surface area (Å²) >= 11 is 1.32. The van der Waals surface area contributed by atoms with Crippen LogP contribution in [0.4, 0.5) is 0 Å². The van der Waals surface area contributed by atoms with Crippen LogP contribution in [0.5, 0.6) is 0 Å². The summed E-state index contributed by atoms with van der Waals surface area (Å²) in [7, 11) is 0. The highest BCUT2D eigenvalue weighted by Gasteiger charge is 2.18. The number of thioether (sulfide) groups is 1. The summed E-state index contributed by atoms with van der Waals surface area (Å²) in [6.07, 6.45) is 1.60. The van der Waals surface area contributed by atoms with Crippen LogP contribution < -0.4 is 5.32 Å². The smallest absolute Gasteiger partial charge is 0.230 e. The Morgan fingerprint density at radius 1 is 1.24 bits per heavy atom. The van der Waals surface area contributed by atoms with E-state index in [1.54, 1.807) is 6.26 Å². The van der Waals surface area contributed by atoms with Gasteiger partial charge >= 0.3 is 0 Å². The molecule has 0 fully saturated rings. The van der Waals surface area contributed by atoms with Gasteiger partial charge in [-0.25, -0.2) is 4.98 Å². The number of para-hydroxylation sites is 1. The number of hydrogen-bond donors (Lipinski definition) is 1. The molecule has 3 heterocycles. The van der Waals surface area contributed by atoms with Crippen LogP contribution >= 0.6 is 11.8 Å². The molecule has 0 aliphatic rings. The SMILES string of the molecule is CCNC(=O)CSc1nnc2c3ccccc3nc(-c3ccco3)n12. The number of amides is 1. The van der Waals surface area contributed by atoms with E-state index in [1.165, 1.54) is 11.8 Å². The van der Waals surface area contributed by atoms with Crippen LogP contribution in [0, 0.1) is 0 Å². The predicted octanol–water partition coefficient (Wildman–Crippen LogP) is 2.77. The molecule has 0 bridgehead atoms. The van der Waals surface area contributed by atoms with Crippen molar-refractivity contribution in [3.05, 3.63) is 42.7 Å². The minimum Gasteiger partial charge on any atom is -0.461 e. The quantitative estimate of drug-likeness (QED) is 0.555. The molecule has 0 unspecified atom stereocenters. The van der Waals surface area contributed by atoms with Crippen LogP contribution in [0.25, 0.3) is 28.1 Å². The molecule has 0 saturated carbocycles. The molecule has 126 valence electrons. The second-order valence-electron chi connectivity index (χ2n) is 5.31. The summed E-state index contributed by atoms with van der Waals surface area (Å²) in [5, 5.41) is 12.9. The van der Waals surface area contributed by atoms with Gasteiger partial charge in [0.2, 0.25) is 5.91 Å². The molecule has 0 atom stereocenters. The molecule has 0 radical (unpaired) electrons. The van der Waals surface area contributed by atoms with E-state index in [2.05, 4.69) is 15.5 Å². The largest absolute Gasteiger partial charge is 0.461 e. The number of benzene rings is 1. The van der Waals surface area contributed by atoms with E-state index in [9.17, 15) is 4.79 Å². The summed E-state index contributed by atoms with van der Waals surface area (Å²) in [5.74, 6) is 1.45. The zero-order chi connectivity index (χ0) is 17.2. The van der Waals surface area contributed by atoms with Crippen LogP contribution in [-0.4, -0.2) is 37.8 Å². The highest BCUT2D eigenvalue weighted by atomic mass is 32.2. The summed E-state index contributed by atoms with van der Waals surface area (Å²) in [5.41, 5.74) is 1.50. The van der Waals surface area contributed by atoms with Crippen molar-refractivity contribution in [2.45, 2.75) is 12.1 Å². The number of nitrogens with one attached hydrogen (secondary N) is 1. The number of fused-ring (bicyclic) bond motifs is 3. The average Bonchev–Trinajstić information content (AvgIpc) is 3.30. The van der Waals surface area contributed by atoms with Gasteiger partial charge in [0.05, 0.1) is 17.5 Å². The molecule has 7 nitrogen and oxygen atoms in total. The van der Waals surface area contributed by atoms with E-state index >= 15 is 0 Å². The van der Waals surface area contributed by atoms with Gasteiger partial charge in [-0.05, 0) is 31.2 Å². The molecule has 0 spiro atoms. The van der Waals surface area contributed by atoms with E-state index in [0.29, 0.717) is 28.9 Å². The molecule has 25 heavy (non-hydrogen) atoms. The maximum atomic E-state index is 11.8. The summed E-state index contributed by atoms with van der Waals surface area (Å²) < 4.78 is 7.38. The molecule has 1 N–H and O–H groups in total. The Hall–Kier alpha value is -2.87. The van der Waals surface area contributed by atoms with Crippen LogP contribution in [-0.2, 0) is 4.79 Å². The van der Waals surface area contributed by atoms with Crippen molar-refractivity contribution in [1.82, 2.24) is 24.9 Å². The lowest BCUT2D eigenvalue weighted by atomic mass is 10.2. The summed E-state index contributed by atoms with van der Waals surface area (Å²) in [6.45, 7) is 2.49. The van der Waals surface area contributed by atoms with Gasteiger partial charge < -0.3 is 9.73 Å². The fraction of sp³-hybridized carbons (Fsp3) is 0.176. The Kier molecular flexibility index (Phi) is 4.10. The van der Waals surface area contributed by atoms with Crippen molar-refractivity contribution in [2.75, 3.05) is 12.3 Å². The zero-order valence-corrected chi connectivity index (χ0v) is 14.3. The molecule has 4 rings (SSSR count). The van der Waals surface area contributed by atoms with Crippen molar-refractivity contribution in [3.63, 3.8) is 0 Å². The fourth-order valence-corrected chi connectivity index (χ4v) is 3.37. The second kappa shape index (κ2) is 6.56. The monoisotopic (exact) mass is 353 g/mol. The van der Waals surface area contributed by atoms with Gasteiger partial charge in [0, 0.05) is 11.9 Å². The van der Waals surface area contributed by atoms with Gasteiger partial charge in [0.1, 0.15) is 0 Å². The molecular formula is C17H15N5O2S. The number of rotatable bonds is 5. The van der Waals surface area contributed by atoms with Gasteiger partial charge in [0.15, 0.2) is 22.4 Å². The molecule has 1 amide bonds. The molecule has 3 aromatic heterocycles. The summed E-state index contributed by atoms with van der Waals surface area (Å²) in [6, 6.07) is 11.4. The Morgan fingerprint density at radius 3 is 2.92 bits per heavy atom. The van der Waals surface area contributed by atoms with Gasteiger partial charge in [0.25, 0.3) is 0 Å². The van der Waals surface area contributed by atoms with Crippen molar-refractivity contribution < 1.29 is 9.21 Å². The van der Waals surface area contributed by atoms with Crippen LogP contribution in [0.1, 0.15) is 6.92 Å². The van der Waals surface area contributed by atoms with E-state index in [4.69, 9.17) is 9.40 Å². The second-order valence-corrected chi connectivity index (χ2v) is 6.26. The fourth-order valence-electron chi connectivity index (χ4n) is 2.60. The molecule has 0 saturated heterocycles.